The fourth-order valence-corrected chi connectivity index (χ4v) is 3.43. The first-order valence-corrected chi connectivity index (χ1v) is 7.81. The maximum Gasteiger partial charge on any atom is 0.234 e. The van der Waals surface area contributed by atoms with Gasteiger partial charge in [0.2, 0.25) is 5.91 Å². The fraction of sp³-hybridized carbons (Fsp3) is 0.933. The number of aliphatic hydroxyl groups excluding tert-OH is 1. The highest BCUT2D eigenvalue weighted by molar-refractivity contribution is 5.78. The maximum absolute atomic E-state index is 12.1. The molecule has 1 amide bonds. The van der Waals surface area contributed by atoms with E-state index in [1.54, 1.807) is 0 Å². The molecule has 3 unspecified atom stereocenters. The minimum atomic E-state index is 0.164. The third kappa shape index (κ3) is 4.46. The lowest BCUT2D eigenvalue weighted by molar-refractivity contribution is -0.124. The molecule has 0 aromatic carbocycles. The van der Waals surface area contributed by atoms with Crippen molar-refractivity contribution in [2.75, 3.05) is 26.2 Å². The van der Waals surface area contributed by atoms with Gasteiger partial charge >= 0.3 is 0 Å². The number of nitrogens with one attached hydrogen (secondary N) is 1. The Kier molecular flexibility index (Phi) is 5.64. The molecule has 19 heavy (non-hydrogen) atoms. The molecule has 2 fully saturated rings. The molecule has 1 saturated heterocycles. The molecule has 0 radical (unpaired) electrons. The van der Waals surface area contributed by atoms with Crippen LogP contribution in [-0.2, 0) is 4.79 Å². The van der Waals surface area contributed by atoms with Gasteiger partial charge in [-0.25, -0.2) is 0 Å². The van der Waals surface area contributed by atoms with E-state index in [1.807, 2.05) is 0 Å². The Balaban J connectivity index is 1.74. The fourth-order valence-electron chi connectivity index (χ4n) is 3.43. The number of aliphatic hydroxyl groups is 1. The summed E-state index contributed by atoms with van der Waals surface area (Å²) in [6.45, 7) is 4.85. The van der Waals surface area contributed by atoms with Gasteiger partial charge in [-0.3, -0.25) is 9.69 Å². The molecule has 1 heterocycles. The lowest BCUT2D eigenvalue weighted by Crippen LogP contribution is -2.47. The second-order valence-electron chi connectivity index (χ2n) is 6.36. The van der Waals surface area contributed by atoms with Gasteiger partial charge in [0, 0.05) is 19.2 Å². The first kappa shape index (κ1) is 14.8. The predicted octanol–water partition coefficient (Wildman–Crippen LogP) is 1.39. The highest BCUT2D eigenvalue weighted by atomic mass is 16.3. The lowest BCUT2D eigenvalue weighted by Gasteiger charge is -2.33. The Labute approximate surface area is 116 Å². The van der Waals surface area contributed by atoms with Crippen LogP contribution in [0, 0.1) is 11.8 Å². The quantitative estimate of drug-likeness (QED) is 0.810. The Morgan fingerprint density at radius 1 is 1.26 bits per heavy atom. The van der Waals surface area contributed by atoms with Gasteiger partial charge in [0.1, 0.15) is 0 Å². The van der Waals surface area contributed by atoms with Crippen LogP contribution in [0.25, 0.3) is 0 Å². The predicted molar refractivity (Wildman–Crippen MR) is 75.8 cm³/mol. The standard InChI is InChI=1S/C15H28N2O2/c1-12-5-2-3-7-14(12)16-15(19)10-17-8-4-6-13(9-17)11-18/h12-14,18H,2-11H2,1H3,(H,16,19). The van der Waals surface area contributed by atoms with Crippen molar-refractivity contribution >= 4 is 5.91 Å². The molecule has 4 nitrogen and oxygen atoms in total. The maximum atomic E-state index is 12.1. The summed E-state index contributed by atoms with van der Waals surface area (Å²) in [6.07, 6.45) is 7.10. The van der Waals surface area contributed by atoms with Gasteiger partial charge in [0.05, 0.1) is 6.54 Å². The summed E-state index contributed by atoms with van der Waals surface area (Å²) >= 11 is 0. The molecule has 2 rings (SSSR count). The molecule has 2 N–H and O–H groups in total. The third-order valence-electron chi connectivity index (χ3n) is 4.69. The van der Waals surface area contributed by atoms with Crippen LogP contribution in [-0.4, -0.2) is 48.2 Å². The number of amides is 1. The van der Waals surface area contributed by atoms with E-state index in [4.69, 9.17) is 0 Å². The molecule has 3 atom stereocenters. The molecule has 0 aromatic heterocycles. The molecule has 1 saturated carbocycles. The topological polar surface area (TPSA) is 52.6 Å². The molecular formula is C15H28N2O2. The van der Waals surface area contributed by atoms with Crippen molar-refractivity contribution in [1.82, 2.24) is 10.2 Å². The molecule has 0 bridgehead atoms. The molecule has 1 aliphatic heterocycles. The SMILES string of the molecule is CC1CCCCC1NC(=O)CN1CCCC(CO)C1. The number of rotatable bonds is 4. The zero-order valence-electron chi connectivity index (χ0n) is 12.1. The first-order valence-electron chi connectivity index (χ1n) is 7.81. The average molecular weight is 268 g/mol. The summed E-state index contributed by atoms with van der Waals surface area (Å²) in [7, 11) is 0. The Bertz CT molecular complexity index is 296. The van der Waals surface area contributed by atoms with E-state index in [2.05, 4.69) is 17.1 Å². The average Bonchev–Trinajstić information content (AvgIpc) is 2.41. The van der Waals surface area contributed by atoms with Crippen molar-refractivity contribution in [3.63, 3.8) is 0 Å². The van der Waals surface area contributed by atoms with Gasteiger partial charge in [-0.2, -0.15) is 0 Å². The van der Waals surface area contributed by atoms with Crippen molar-refractivity contribution in [3.05, 3.63) is 0 Å². The second-order valence-corrected chi connectivity index (χ2v) is 6.36. The van der Waals surface area contributed by atoms with E-state index in [9.17, 15) is 9.90 Å². The Hall–Kier alpha value is -0.610. The lowest BCUT2D eigenvalue weighted by atomic mass is 9.86. The molecule has 110 valence electrons. The van der Waals surface area contributed by atoms with Gasteiger partial charge in [0.15, 0.2) is 0 Å². The number of piperidine rings is 1. The number of carbonyl (C=O) groups is 1. The minimum Gasteiger partial charge on any atom is -0.396 e. The van der Waals surface area contributed by atoms with E-state index in [0.717, 1.165) is 32.4 Å². The highest BCUT2D eigenvalue weighted by Crippen LogP contribution is 2.23. The van der Waals surface area contributed by atoms with Crippen molar-refractivity contribution in [1.29, 1.82) is 0 Å². The van der Waals surface area contributed by atoms with Crippen LogP contribution < -0.4 is 5.32 Å². The van der Waals surface area contributed by atoms with Gasteiger partial charge in [-0.15, -0.1) is 0 Å². The van der Waals surface area contributed by atoms with E-state index in [-0.39, 0.29) is 12.5 Å². The zero-order chi connectivity index (χ0) is 13.7. The highest BCUT2D eigenvalue weighted by Gasteiger charge is 2.25. The Morgan fingerprint density at radius 3 is 2.79 bits per heavy atom. The van der Waals surface area contributed by atoms with Crippen molar-refractivity contribution in [2.24, 2.45) is 11.8 Å². The van der Waals surface area contributed by atoms with Gasteiger partial charge in [-0.1, -0.05) is 19.8 Å². The van der Waals surface area contributed by atoms with Crippen LogP contribution in [0.4, 0.5) is 0 Å². The molecule has 2 aliphatic rings. The number of hydrogen-bond acceptors (Lipinski definition) is 3. The van der Waals surface area contributed by atoms with Crippen molar-refractivity contribution in [2.45, 2.75) is 51.5 Å². The van der Waals surface area contributed by atoms with E-state index >= 15 is 0 Å². The Morgan fingerprint density at radius 2 is 2.05 bits per heavy atom. The largest absolute Gasteiger partial charge is 0.396 e. The molecule has 1 aliphatic carbocycles. The first-order chi connectivity index (χ1) is 9.19. The summed E-state index contributed by atoms with van der Waals surface area (Å²) in [5, 5.41) is 12.4. The summed E-state index contributed by atoms with van der Waals surface area (Å²) in [5.41, 5.74) is 0. The van der Waals surface area contributed by atoms with Crippen LogP contribution in [0.2, 0.25) is 0 Å². The van der Waals surface area contributed by atoms with Crippen molar-refractivity contribution < 1.29 is 9.90 Å². The summed E-state index contributed by atoms with van der Waals surface area (Å²) in [6, 6.07) is 0.375. The van der Waals surface area contributed by atoms with Crippen LogP contribution in [0.1, 0.15) is 45.4 Å². The summed E-state index contributed by atoms with van der Waals surface area (Å²) in [5.74, 6) is 1.14. The van der Waals surface area contributed by atoms with E-state index < -0.39 is 0 Å². The van der Waals surface area contributed by atoms with Gasteiger partial charge < -0.3 is 10.4 Å². The van der Waals surface area contributed by atoms with Crippen molar-refractivity contribution in [3.8, 4) is 0 Å². The van der Waals surface area contributed by atoms with E-state index in [0.29, 0.717) is 24.4 Å². The molecule has 4 heteroatoms. The molecule has 0 aromatic rings. The van der Waals surface area contributed by atoms with Gasteiger partial charge in [-0.05, 0) is 44.1 Å². The van der Waals surface area contributed by atoms with E-state index in [1.165, 1.54) is 19.3 Å². The van der Waals surface area contributed by atoms with Crippen LogP contribution in [0.15, 0.2) is 0 Å². The molecule has 0 spiro atoms. The summed E-state index contributed by atoms with van der Waals surface area (Å²) < 4.78 is 0. The second kappa shape index (κ2) is 7.25. The number of nitrogens with zero attached hydrogens (tertiary/aromatic N) is 1. The van der Waals surface area contributed by atoms with Crippen LogP contribution in [0.3, 0.4) is 0 Å². The van der Waals surface area contributed by atoms with Gasteiger partial charge in [0.25, 0.3) is 0 Å². The molecular weight excluding hydrogens is 240 g/mol. The summed E-state index contributed by atoms with van der Waals surface area (Å²) in [4.78, 5) is 14.3. The minimum absolute atomic E-state index is 0.164. The van der Waals surface area contributed by atoms with Crippen LogP contribution >= 0.6 is 0 Å². The number of hydrogen-bond donors (Lipinski definition) is 2. The smallest absolute Gasteiger partial charge is 0.234 e. The number of likely N-dealkylation sites (tertiary alicyclic amines) is 1. The zero-order valence-corrected chi connectivity index (χ0v) is 12.1. The monoisotopic (exact) mass is 268 g/mol. The van der Waals surface area contributed by atoms with Crippen LogP contribution in [0.5, 0.6) is 0 Å². The number of carbonyl (C=O) groups excluding carboxylic acids is 1. The normalized spacial score (nSPS) is 33.1. The third-order valence-corrected chi connectivity index (χ3v) is 4.69.